The van der Waals surface area contributed by atoms with Crippen molar-refractivity contribution < 1.29 is 9.59 Å². The summed E-state index contributed by atoms with van der Waals surface area (Å²) in [5.74, 6) is 0.511. The smallest absolute Gasteiger partial charge is 0.253 e. The molecule has 2 aromatic rings. The fourth-order valence-corrected chi connectivity index (χ4v) is 4.72. The molecule has 2 aromatic heterocycles. The summed E-state index contributed by atoms with van der Waals surface area (Å²) < 4.78 is 1.88. The molecule has 2 amide bonds. The first-order valence-corrected chi connectivity index (χ1v) is 11.6. The lowest BCUT2D eigenvalue weighted by molar-refractivity contribution is -0.137. The van der Waals surface area contributed by atoms with Gasteiger partial charge in [-0.05, 0) is 39.7 Å². The van der Waals surface area contributed by atoms with Gasteiger partial charge in [-0.3, -0.25) is 14.5 Å². The molecule has 1 N–H and O–H groups in total. The minimum absolute atomic E-state index is 0.0979. The summed E-state index contributed by atoms with van der Waals surface area (Å²) in [4.78, 5) is 34.3. The lowest BCUT2D eigenvalue weighted by Crippen LogP contribution is -2.51. The van der Waals surface area contributed by atoms with Crippen LogP contribution in [0.15, 0.2) is 12.3 Å². The maximum absolute atomic E-state index is 12.7. The van der Waals surface area contributed by atoms with Gasteiger partial charge in [0.15, 0.2) is 5.65 Å². The second kappa shape index (κ2) is 9.34. The summed E-state index contributed by atoms with van der Waals surface area (Å²) in [6.07, 6.45) is 6.27. The van der Waals surface area contributed by atoms with E-state index >= 15 is 0 Å². The monoisotopic (exact) mass is 426 g/mol. The van der Waals surface area contributed by atoms with Crippen molar-refractivity contribution >= 4 is 22.8 Å². The fourth-order valence-electron chi connectivity index (χ4n) is 4.72. The highest BCUT2D eigenvalue weighted by Gasteiger charge is 2.29. The molecule has 0 unspecified atom stereocenters. The van der Waals surface area contributed by atoms with Gasteiger partial charge in [0.25, 0.3) is 5.91 Å². The Bertz CT molecular complexity index is 939. The zero-order valence-corrected chi connectivity index (χ0v) is 18.9. The van der Waals surface area contributed by atoms with E-state index in [2.05, 4.69) is 34.1 Å². The first kappa shape index (κ1) is 21.7. The Morgan fingerprint density at radius 1 is 1.16 bits per heavy atom. The molecule has 2 aliphatic rings. The standard InChI is InChI=1S/C23H34N6O2/c1-16(2)29-21-19(15-25-29)14-20(17(3)26-21)22(30)24-8-9-27-10-12-28(13-11-27)23(31)18-6-4-5-7-18/h14-16,18H,4-13H2,1-3H3,(H,24,30). The van der Waals surface area contributed by atoms with E-state index in [0.717, 1.165) is 56.6 Å². The molecule has 0 radical (unpaired) electrons. The molecule has 1 saturated heterocycles. The van der Waals surface area contributed by atoms with Gasteiger partial charge in [-0.25, -0.2) is 9.67 Å². The van der Waals surface area contributed by atoms with Gasteiger partial charge in [0.1, 0.15) is 0 Å². The number of carbonyl (C=O) groups is 2. The van der Waals surface area contributed by atoms with Crippen LogP contribution >= 0.6 is 0 Å². The summed E-state index contributed by atoms with van der Waals surface area (Å²) in [5, 5.41) is 8.30. The molecule has 4 rings (SSSR count). The van der Waals surface area contributed by atoms with Gasteiger partial charge in [0, 0.05) is 56.6 Å². The molecule has 0 aromatic carbocycles. The van der Waals surface area contributed by atoms with Crippen LogP contribution in [-0.2, 0) is 4.79 Å². The number of nitrogens with zero attached hydrogens (tertiary/aromatic N) is 5. The molecule has 31 heavy (non-hydrogen) atoms. The molecule has 1 saturated carbocycles. The third-order valence-electron chi connectivity index (χ3n) is 6.60. The number of aryl methyl sites for hydroxylation is 1. The molecule has 0 atom stereocenters. The highest BCUT2D eigenvalue weighted by atomic mass is 16.2. The van der Waals surface area contributed by atoms with Crippen molar-refractivity contribution in [1.29, 1.82) is 0 Å². The van der Waals surface area contributed by atoms with Gasteiger partial charge < -0.3 is 10.2 Å². The SMILES string of the molecule is Cc1nc2c(cnn2C(C)C)cc1C(=O)NCCN1CCN(C(=O)C2CCCC2)CC1. The topological polar surface area (TPSA) is 83.4 Å². The molecule has 8 nitrogen and oxygen atoms in total. The zero-order chi connectivity index (χ0) is 22.0. The normalized spacial score (nSPS) is 18.3. The largest absolute Gasteiger partial charge is 0.351 e. The summed E-state index contributed by atoms with van der Waals surface area (Å²) >= 11 is 0. The third-order valence-corrected chi connectivity index (χ3v) is 6.60. The summed E-state index contributed by atoms with van der Waals surface area (Å²) in [6.45, 7) is 10.7. The maximum Gasteiger partial charge on any atom is 0.253 e. The van der Waals surface area contributed by atoms with Gasteiger partial charge in [0.2, 0.25) is 5.91 Å². The van der Waals surface area contributed by atoms with Crippen LogP contribution < -0.4 is 5.32 Å². The number of amides is 2. The Hall–Kier alpha value is -2.48. The van der Waals surface area contributed by atoms with Crippen LogP contribution in [0.5, 0.6) is 0 Å². The van der Waals surface area contributed by atoms with Crippen molar-refractivity contribution in [3.8, 4) is 0 Å². The third kappa shape index (κ3) is 4.74. The number of nitrogens with one attached hydrogen (secondary N) is 1. The van der Waals surface area contributed by atoms with Crippen LogP contribution in [0.4, 0.5) is 0 Å². The number of aromatic nitrogens is 3. The van der Waals surface area contributed by atoms with Crippen molar-refractivity contribution in [2.24, 2.45) is 5.92 Å². The summed E-state index contributed by atoms with van der Waals surface area (Å²) in [7, 11) is 0. The van der Waals surface area contributed by atoms with E-state index in [4.69, 9.17) is 0 Å². The van der Waals surface area contributed by atoms with Crippen LogP contribution in [0.3, 0.4) is 0 Å². The van der Waals surface area contributed by atoms with E-state index in [0.29, 0.717) is 23.7 Å². The van der Waals surface area contributed by atoms with Gasteiger partial charge >= 0.3 is 0 Å². The molecular formula is C23H34N6O2. The van der Waals surface area contributed by atoms with Crippen LogP contribution in [0.25, 0.3) is 11.0 Å². The Morgan fingerprint density at radius 3 is 2.55 bits per heavy atom. The minimum atomic E-state index is -0.0979. The Morgan fingerprint density at radius 2 is 1.87 bits per heavy atom. The second-order valence-electron chi connectivity index (χ2n) is 9.12. The minimum Gasteiger partial charge on any atom is -0.351 e. The van der Waals surface area contributed by atoms with Crippen LogP contribution in [-0.4, -0.2) is 75.6 Å². The molecule has 0 bridgehead atoms. The highest BCUT2D eigenvalue weighted by molar-refractivity contribution is 5.98. The molecule has 168 valence electrons. The molecule has 1 aliphatic heterocycles. The molecule has 8 heteroatoms. The predicted octanol–water partition coefficient (Wildman–Crippen LogP) is 2.38. The Labute approximate surface area is 184 Å². The lowest BCUT2D eigenvalue weighted by atomic mass is 10.1. The van der Waals surface area contributed by atoms with Gasteiger partial charge in [-0.15, -0.1) is 0 Å². The van der Waals surface area contributed by atoms with E-state index in [-0.39, 0.29) is 17.9 Å². The molecule has 0 spiro atoms. The predicted molar refractivity (Wildman–Crippen MR) is 120 cm³/mol. The van der Waals surface area contributed by atoms with E-state index in [1.165, 1.54) is 12.8 Å². The summed E-state index contributed by atoms with van der Waals surface area (Å²) in [6, 6.07) is 2.10. The molecule has 2 fully saturated rings. The van der Waals surface area contributed by atoms with Crippen molar-refractivity contribution in [3.05, 3.63) is 23.5 Å². The van der Waals surface area contributed by atoms with Crippen molar-refractivity contribution in [3.63, 3.8) is 0 Å². The molecule has 1 aliphatic carbocycles. The van der Waals surface area contributed by atoms with E-state index in [9.17, 15) is 9.59 Å². The number of hydrogen-bond donors (Lipinski definition) is 1. The molecular weight excluding hydrogens is 392 g/mol. The quantitative estimate of drug-likeness (QED) is 0.767. The van der Waals surface area contributed by atoms with Gasteiger partial charge in [0.05, 0.1) is 17.5 Å². The van der Waals surface area contributed by atoms with Crippen LogP contribution in [0, 0.1) is 12.8 Å². The zero-order valence-electron chi connectivity index (χ0n) is 18.9. The average Bonchev–Trinajstić information content (AvgIpc) is 3.43. The van der Waals surface area contributed by atoms with E-state index in [1.54, 1.807) is 6.20 Å². The summed E-state index contributed by atoms with van der Waals surface area (Å²) in [5.41, 5.74) is 2.13. The number of pyridine rings is 1. The number of carbonyl (C=O) groups excluding carboxylic acids is 2. The fraction of sp³-hybridized carbons (Fsp3) is 0.652. The van der Waals surface area contributed by atoms with Crippen LogP contribution in [0.1, 0.15) is 61.6 Å². The Balaban J connectivity index is 1.26. The maximum atomic E-state index is 12.7. The first-order chi connectivity index (χ1) is 14.9. The van der Waals surface area contributed by atoms with Crippen molar-refractivity contribution in [1.82, 2.24) is 29.9 Å². The number of piperazine rings is 1. The van der Waals surface area contributed by atoms with E-state index < -0.39 is 0 Å². The van der Waals surface area contributed by atoms with Crippen molar-refractivity contribution in [2.45, 2.75) is 52.5 Å². The Kier molecular flexibility index (Phi) is 6.55. The van der Waals surface area contributed by atoms with Gasteiger partial charge in [-0.2, -0.15) is 5.10 Å². The lowest BCUT2D eigenvalue weighted by Gasteiger charge is -2.36. The molecule has 3 heterocycles. The highest BCUT2D eigenvalue weighted by Crippen LogP contribution is 2.27. The second-order valence-corrected chi connectivity index (χ2v) is 9.12. The van der Waals surface area contributed by atoms with E-state index in [1.807, 2.05) is 22.6 Å². The number of fused-ring (bicyclic) bond motifs is 1. The number of rotatable bonds is 6. The first-order valence-electron chi connectivity index (χ1n) is 11.6. The van der Waals surface area contributed by atoms with Crippen LogP contribution in [0.2, 0.25) is 0 Å². The average molecular weight is 427 g/mol. The number of hydrogen-bond acceptors (Lipinski definition) is 5. The van der Waals surface area contributed by atoms with Gasteiger partial charge in [-0.1, -0.05) is 12.8 Å². The van der Waals surface area contributed by atoms with Crippen molar-refractivity contribution in [2.75, 3.05) is 39.3 Å².